The van der Waals surface area contributed by atoms with E-state index in [1.807, 2.05) is 0 Å². The molecule has 0 aromatic heterocycles. The molecule has 0 aliphatic carbocycles. The van der Waals surface area contributed by atoms with Gasteiger partial charge in [-0.2, -0.15) is 0 Å². The summed E-state index contributed by atoms with van der Waals surface area (Å²) < 4.78 is 0. The zero-order valence-electron chi connectivity index (χ0n) is 4.73. The van der Waals surface area contributed by atoms with Gasteiger partial charge in [0.1, 0.15) is 0 Å². The molecular formula is C5H9N3. The molecule has 0 saturated heterocycles. The van der Waals surface area contributed by atoms with Crippen LogP contribution in [0.3, 0.4) is 0 Å². The van der Waals surface area contributed by atoms with E-state index < -0.39 is 0 Å². The Balaban J connectivity index is 3.88. The van der Waals surface area contributed by atoms with E-state index in [2.05, 4.69) is 0 Å². The lowest BCUT2D eigenvalue weighted by Crippen LogP contribution is -2.11. The summed E-state index contributed by atoms with van der Waals surface area (Å²) in [6.07, 6.45) is 2.16. The van der Waals surface area contributed by atoms with Gasteiger partial charge >= 0.3 is 0 Å². The lowest BCUT2D eigenvalue weighted by molar-refractivity contribution is 1.23. The Bertz CT molecular complexity index is 109. The van der Waals surface area contributed by atoms with Crippen LogP contribution in [0.15, 0.2) is 0 Å². The van der Waals surface area contributed by atoms with Crippen molar-refractivity contribution in [3.63, 3.8) is 0 Å². The topological polar surface area (TPSA) is 71.6 Å². The van der Waals surface area contributed by atoms with E-state index in [-0.39, 0.29) is 5.92 Å². The van der Waals surface area contributed by atoms with Crippen LogP contribution in [0.1, 0.15) is 6.92 Å². The summed E-state index contributed by atoms with van der Waals surface area (Å²) in [4.78, 5) is 0. The van der Waals surface area contributed by atoms with Crippen molar-refractivity contribution in [2.45, 2.75) is 6.92 Å². The summed E-state index contributed by atoms with van der Waals surface area (Å²) in [6.45, 7) is 1.58. The fourth-order valence-electron chi connectivity index (χ4n) is 0.298. The molecule has 0 spiro atoms. The maximum absolute atomic E-state index is 6.95. The summed E-state index contributed by atoms with van der Waals surface area (Å²) in [7, 11) is 0. The molecule has 0 atom stereocenters. The fourth-order valence-corrected chi connectivity index (χ4v) is 0.298. The summed E-state index contributed by atoms with van der Waals surface area (Å²) >= 11 is 0. The highest BCUT2D eigenvalue weighted by Crippen LogP contribution is 1.86. The highest BCUT2D eigenvalue weighted by molar-refractivity contribution is 6.07. The van der Waals surface area contributed by atoms with Gasteiger partial charge in [0.05, 0.1) is 5.92 Å². The first-order valence-electron chi connectivity index (χ1n) is 2.28. The highest BCUT2D eigenvalue weighted by atomic mass is 14.5. The Labute approximate surface area is 48.3 Å². The van der Waals surface area contributed by atoms with Crippen LogP contribution < -0.4 is 0 Å². The molecule has 44 valence electrons. The standard InChI is InChI=1S/C5H9N3/c1-4(8)5(2-6)3-7/h2-3,5-8H,1H3. The maximum Gasteiger partial charge on any atom is 0.0656 e. The van der Waals surface area contributed by atoms with Gasteiger partial charge in [-0.1, -0.05) is 0 Å². The Morgan fingerprint density at radius 1 is 1.38 bits per heavy atom. The molecule has 0 amide bonds. The van der Waals surface area contributed by atoms with E-state index in [4.69, 9.17) is 16.2 Å². The molecule has 0 aliphatic rings. The van der Waals surface area contributed by atoms with Crippen molar-refractivity contribution in [3.05, 3.63) is 0 Å². The third-order valence-corrected chi connectivity index (χ3v) is 0.859. The predicted molar refractivity (Wildman–Crippen MR) is 34.5 cm³/mol. The molecule has 3 heteroatoms. The third kappa shape index (κ3) is 1.64. The molecule has 0 aromatic carbocycles. The zero-order valence-corrected chi connectivity index (χ0v) is 4.73. The second kappa shape index (κ2) is 3.07. The van der Waals surface area contributed by atoms with Crippen molar-refractivity contribution in [2.75, 3.05) is 0 Å². The van der Waals surface area contributed by atoms with E-state index in [9.17, 15) is 0 Å². The van der Waals surface area contributed by atoms with Gasteiger partial charge in [-0.05, 0) is 6.92 Å². The molecule has 8 heavy (non-hydrogen) atoms. The van der Waals surface area contributed by atoms with Crippen molar-refractivity contribution in [1.82, 2.24) is 0 Å². The van der Waals surface area contributed by atoms with Crippen molar-refractivity contribution in [1.29, 1.82) is 16.2 Å². The molecule has 3 N–H and O–H groups in total. The predicted octanol–water partition coefficient (Wildman–Crippen LogP) is 0.941. The molecule has 0 rings (SSSR count). The van der Waals surface area contributed by atoms with E-state index in [1.165, 1.54) is 0 Å². The fraction of sp³-hybridized carbons (Fsp3) is 0.400. The normalized spacial score (nSPS) is 12.1. The molecule has 0 unspecified atom stereocenters. The number of nitrogens with one attached hydrogen (secondary N) is 3. The van der Waals surface area contributed by atoms with Gasteiger partial charge in [0, 0.05) is 18.1 Å². The van der Waals surface area contributed by atoms with Crippen molar-refractivity contribution in [2.24, 2.45) is 5.92 Å². The average Bonchev–Trinajstić information content (AvgIpc) is 1.69. The van der Waals surface area contributed by atoms with Crippen LogP contribution in [0.4, 0.5) is 0 Å². The van der Waals surface area contributed by atoms with Crippen LogP contribution in [0, 0.1) is 22.1 Å². The van der Waals surface area contributed by atoms with Crippen molar-refractivity contribution in [3.8, 4) is 0 Å². The summed E-state index contributed by atoms with van der Waals surface area (Å²) in [5, 5.41) is 20.3. The average molecular weight is 111 g/mol. The molecule has 0 aromatic rings. The van der Waals surface area contributed by atoms with Crippen LogP contribution in [0.5, 0.6) is 0 Å². The van der Waals surface area contributed by atoms with E-state index in [1.54, 1.807) is 6.92 Å². The second-order valence-electron chi connectivity index (χ2n) is 1.54. The van der Waals surface area contributed by atoms with Crippen LogP contribution in [0.2, 0.25) is 0 Å². The van der Waals surface area contributed by atoms with Crippen LogP contribution in [0.25, 0.3) is 0 Å². The highest BCUT2D eigenvalue weighted by Gasteiger charge is 2.00. The molecule has 0 fully saturated rings. The first kappa shape index (κ1) is 7.01. The Morgan fingerprint density at radius 2 is 1.75 bits per heavy atom. The van der Waals surface area contributed by atoms with Gasteiger partial charge in [0.15, 0.2) is 0 Å². The minimum absolute atomic E-state index is 0.343. The lowest BCUT2D eigenvalue weighted by atomic mass is 10.1. The minimum atomic E-state index is -0.380. The first-order valence-corrected chi connectivity index (χ1v) is 2.28. The van der Waals surface area contributed by atoms with Crippen molar-refractivity contribution >= 4 is 18.1 Å². The van der Waals surface area contributed by atoms with E-state index >= 15 is 0 Å². The summed E-state index contributed by atoms with van der Waals surface area (Å²) in [5.74, 6) is -0.380. The molecule has 0 aliphatic heterocycles. The molecule has 0 radical (unpaired) electrons. The van der Waals surface area contributed by atoms with Crippen LogP contribution in [-0.4, -0.2) is 18.1 Å². The second-order valence-corrected chi connectivity index (χ2v) is 1.54. The van der Waals surface area contributed by atoms with Gasteiger partial charge < -0.3 is 16.2 Å². The van der Waals surface area contributed by atoms with Gasteiger partial charge in [-0.15, -0.1) is 0 Å². The van der Waals surface area contributed by atoms with Crippen LogP contribution >= 0.6 is 0 Å². The number of rotatable bonds is 3. The number of hydrogen-bond acceptors (Lipinski definition) is 3. The zero-order chi connectivity index (χ0) is 6.57. The molecule has 0 bridgehead atoms. The van der Waals surface area contributed by atoms with Gasteiger partial charge in [0.2, 0.25) is 0 Å². The third-order valence-electron chi connectivity index (χ3n) is 0.859. The molecule has 0 heterocycles. The SMILES string of the molecule is CC(=N)C(C=N)C=N. The van der Waals surface area contributed by atoms with Gasteiger partial charge in [0.25, 0.3) is 0 Å². The molecule has 3 nitrogen and oxygen atoms in total. The lowest BCUT2D eigenvalue weighted by Gasteiger charge is -1.97. The Hall–Kier alpha value is -0.990. The smallest absolute Gasteiger partial charge is 0.0656 e. The first-order chi connectivity index (χ1) is 3.72. The number of hydrogen-bond donors (Lipinski definition) is 3. The van der Waals surface area contributed by atoms with Crippen LogP contribution in [-0.2, 0) is 0 Å². The maximum atomic E-state index is 6.95. The van der Waals surface area contributed by atoms with Crippen molar-refractivity contribution < 1.29 is 0 Å². The summed E-state index contributed by atoms with van der Waals surface area (Å²) in [6, 6.07) is 0. The van der Waals surface area contributed by atoms with E-state index in [0.29, 0.717) is 5.71 Å². The summed E-state index contributed by atoms with van der Waals surface area (Å²) in [5.41, 5.74) is 0.343. The Kier molecular flexibility index (Phi) is 2.69. The van der Waals surface area contributed by atoms with Gasteiger partial charge in [-0.3, -0.25) is 0 Å². The Morgan fingerprint density at radius 3 is 1.75 bits per heavy atom. The molecule has 0 saturated carbocycles. The molecular weight excluding hydrogens is 102 g/mol. The largest absolute Gasteiger partial charge is 0.312 e. The van der Waals surface area contributed by atoms with Gasteiger partial charge in [-0.25, -0.2) is 0 Å². The van der Waals surface area contributed by atoms with E-state index in [0.717, 1.165) is 12.4 Å². The minimum Gasteiger partial charge on any atom is -0.312 e. The monoisotopic (exact) mass is 111 g/mol. The quantitative estimate of drug-likeness (QED) is 0.453.